The smallest absolute Gasteiger partial charge is 0.0874 e. The summed E-state index contributed by atoms with van der Waals surface area (Å²) in [6, 6.07) is 21.8. The van der Waals surface area contributed by atoms with Crippen molar-refractivity contribution in [1.29, 1.82) is 0 Å². The molecule has 3 heterocycles. The number of likely N-dealkylation sites (N-methyl/N-ethyl adjacent to an activating group) is 2. The first-order chi connectivity index (χ1) is 15.6. The van der Waals surface area contributed by atoms with Crippen LogP contribution in [-0.4, -0.2) is 80.8 Å². The molecule has 5 nitrogen and oxygen atoms in total. The normalized spacial score (nSPS) is 18.3. The molecular formula is C27H35N5. The van der Waals surface area contributed by atoms with Gasteiger partial charge in [0.2, 0.25) is 0 Å². The summed E-state index contributed by atoms with van der Waals surface area (Å²) in [6.07, 6.45) is 0. The fourth-order valence-electron chi connectivity index (χ4n) is 5.16. The number of nitrogens with zero attached hydrogens (tertiary/aromatic N) is 5. The SMILES string of the molecule is Cc1c(N2CCN(C)CC2)c(N2CCN(C)CC2)c(-c2ccccc2)n1-c1ccccc1. The summed E-state index contributed by atoms with van der Waals surface area (Å²) in [4.78, 5) is 10.2. The minimum absolute atomic E-state index is 1.06. The molecule has 1 aromatic heterocycles. The third-order valence-corrected chi connectivity index (χ3v) is 7.05. The van der Waals surface area contributed by atoms with Crippen molar-refractivity contribution in [2.45, 2.75) is 6.92 Å². The molecule has 5 rings (SSSR count). The average Bonchev–Trinajstić information content (AvgIpc) is 3.14. The van der Waals surface area contributed by atoms with E-state index in [2.05, 4.69) is 106 Å². The van der Waals surface area contributed by atoms with E-state index in [0.717, 1.165) is 52.4 Å². The molecule has 0 saturated carbocycles. The molecule has 5 heteroatoms. The number of hydrogen-bond donors (Lipinski definition) is 0. The number of rotatable bonds is 4. The predicted molar refractivity (Wildman–Crippen MR) is 135 cm³/mol. The zero-order valence-corrected chi connectivity index (χ0v) is 19.7. The van der Waals surface area contributed by atoms with E-state index in [1.54, 1.807) is 0 Å². The van der Waals surface area contributed by atoms with Crippen LogP contribution in [0.4, 0.5) is 11.4 Å². The monoisotopic (exact) mass is 429 g/mol. The van der Waals surface area contributed by atoms with Crippen LogP contribution >= 0.6 is 0 Å². The first-order valence-corrected chi connectivity index (χ1v) is 11.9. The Bertz CT molecular complexity index is 1030. The van der Waals surface area contributed by atoms with Crippen LogP contribution in [0.1, 0.15) is 5.69 Å². The maximum Gasteiger partial charge on any atom is 0.0874 e. The summed E-state index contributed by atoms with van der Waals surface area (Å²) in [5, 5.41) is 0. The molecule has 2 fully saturated rings. The number of piperazine rings is 2. The van der Waals surface area contributed by atoms with Gasteiger partial charge in [-0.3, -0.25) is 0 Å². The molecule has 32 heavy (non-hydrogen) atoms. The number of para-hydroxylation sites is 1. The highest BCUT2D eigenvalue weighted by Crippen LogP contribution is 2.46. The lowest BCUT2D eigenvalue weighted by molar-refractivity contribution is 0.309. The van der Waals surface area contributed by atoms with Gasteiger partial charge in [-0.2, -0.15) is 0 Å². The minimum atomic E-state index is 1.06. The number of anilines is 2. The van der Waals surface area contributed by atoms with Crippen molar-refractivity contribution in [1.82, 2.24) is 14.4 Å². The van der Waals surface area contributed by atoms with Crippen LogP contribution in [0.2, 0.25) is 0 Å². The molecule has 2 aromatic carbocycles. The Kier molecular flexibility index (Phi) is 5.94. The van der Waals surface area contributed by atoms with Crippen molar-refractivity contribution in [2.75, 3.05) is 76.3 Å². The summed E-state index contributed by atoms with van der Waals surface area (Å²) in [5.74, 6) is 0. The summed E-state index contributed by atoms with van der Waals surface area (Å²) < 4.78 is 2.50. The van der Waals surface area contributed by atoms with E-state index < -0.39 is 0 Å². The maximum atomic E-state index is 2.64. The van der Waals surface area contributed by atoms with E-state index in [0.29, 0.717) is 0 Å². The molecule has 0 unspecified atom stereocenters. The summed E-state index contributed by atoms with van der Waals surface area (Å²) >= 11 is 0. The standard InChI is InChI=1S/C27H35N5/c1-22-25(30-18-14-28(2)15-19-30)27(31-20-16-29(3)17-21-31)26(23-10-6-4-7-11-23)32(22)24-12-8-5-9-13-24/h4-13H,14-21H2,1-3H3. The molecule has 168 valence electrons. The highest BCUT2D eigenvalue weighted by molar-refractivity contribution is 5.91. The molecule has 0 amide bonds. The first kappa shape index (κ1) is 21.1. The van der Waals surface area contributed by atoms with Crippen molar-refractivity contribution in [2.24, 2.45) is 0 Å². The Labute approximate surface area is 192 Å². The van der Waals surface area contributed by atoms with Crippen LogP contribution in [0.15, 0.2) is 60.7 Å². The molecule has 2 aliphatic heterocycles. The summed E-state index contributed by atoms with van der Waals surface area (Å²) in [7, 11) is 4.47. The third-order valence-electron chi connectivity index (χ3n) is 7.05. The molecule has 0 atom stereocenters. The predicted octanol–water partition coefficient (Wildman–Crippen LogP) is 3.96. The molecule has 0 bridgehead atoms. The van der Waals surface area contributed by atoms with Gasteiger partial charge in [0.15, 0.2) is 0 Å². The molecule has 0 aliphatic carbocycles. The molecule has 0 spiro atoms. The Morgan fingerprint density at radius 1 is 0.562 bits per heavy atom. The Morgan fingerprint density at radius 2 is 1.03 bits per heavy atom. The fraction of sp³-hybridized carbons (Fsp3) is 0.407. The van der Waals surface area contributed by atoms with Crippen LogP contribution < -0.4 is 9.80 Å². The van der Waals surface area contributed by atoms with Crippen LogP contribution in [0, 0.1) is 6.92 Å². The van der Waals surface area contributed by atoms with E-state index in [1.165, 1.54) is 34.0 Å². The second-order valence-corrected chi connectivity index (χ2v) is 9.25. The highest BCUT2D eigenvalue weighted by atomic mass is 15.3. The van der Waals surface area contributed by atoms with Crippen molar-refractivity contribution in [3.63, 3.8) is 0 Å². The fourth-order valence-corrected chi connectivity index (χ4v) is 5.16. The zero-order valence-electron chi connectivity index (χ0n) is 19.7. The third kappa shape index (κ3) is 3.91. The molecule has 3 aromatic rings. The topological polar surface area (TPSA) is 17.9 Å². The molecule has 2 saturated heterocycles. The maximum absolute atomic E-state index is 2.64. The molecule has 0 N–H and O–H groups in total. The number of hydrogen-bond acceptors (Lipinski definition) is 4. The van der Waals surface area contributed by atoms with Gasteiger partial charge in [0, 0.05) is 69.3 Å². The lowest BCUT2D eigenvalue weighted by Crippen LogP contribution is -2.47. The van der Waals surface area contributed by atoms with Crippen LogP contribution in [0.3, 0.4) is 0 Å². The molecule has 2 aliphatic rings. The van der Waals surface area contributed by atoms with Crippen molar-refractivity contribution in [3.8, 4) is 16.9 Å². The van der Waals surface area contributed by atoms with E-state index >= 15 is 0 Å². The van der Waals surface area contributed by atoms with Gasteiger partial charge in [-0.05, 0) is 33.2 Å². The van der Waals surface area contributed by atoms with Crippen molar-refractivity contribution in [3.05, 3.63) is 66.4 Å². The Balaban J connectivity index is 1.74. The average molecular weight is 430 g/mol. The molecular weight excluding hydrogens is 394 g/mol. The minimum Gasteiger partial charge on any atom is -0.366 e. The molecule has 0 radical (unpaired) electrons. The van der Waals surface area contributed by atoms with E-state index in [9.17, 15) is 0 Å². The van der Waals surface area contributed by atoms with Gasteiger partial charge in [0.25, 0.3) is 0 Å². The summed E-state index contributed by atoms with van der Waals surface area (Å²) in [5.41, 5.74) is 8.02. The van der Waals surface area contributed by atoms with Gasteiger partial charge in [-0.1, -0.05) is 48.5 Å². The van der Waals surface area contributed by atoms with Crippen molar-refractivity contribution >= 4 is 11.4 Å². The lowest BCUT2D eigenvalue weighted by Gasteiger charge is -2.39. The van der Waals surface area contributed by atoms with E-state index in [1.807, 2.05) is 0 Å². The van der Waals surface area contributed by atoms with Gasteiger partial charge >= 0.3 is 0 Å². The van der Waals surface area contributed by atoms with E-state index in [4.69, 9.17) is 0 Å². The lowest BCUT2D eigenvalue weighted by atomic mass is 10.1. The first-order valence-electron chi connectivity index (χ1n) is 11.9. The van der Waals surface area contributed by atoms with Crippen molar-refractivity contribution < 1.29 is 0 Å². The van der Waals surface area contributed by atoms with Crippen LogP contribution in [0.5, 0.6) is 0 Å². The highest BCUT2D eigenvalue weighted by Gasteiger charge is 2.31. The van der Waals surface area contributed by atoms with Gasteiger partial charge in [-0.15, -0.1) is 0 Å². The van der Waals surface area contributed by atoms with Gasteiger partial charge in [0.1, 0.15) is 0 Å². The van der Waals surface area contributed by atoms with Gasteiger partial charge in [-0.25, -0.2) is 0 Å². The summed E-state index contributed by atoms with van der Waals surface area (Å²) in [6.45, 7) is 11.0. The largest absolute Gasteiger partial charge is 0.366 e. The quantitative estimate of drug-likeness (QED) is 0.625. The Hall–Kier alpha value is -2.76. The second-order valence-electron chi connectivity index (χ2n) is 9.25. The number of benzene rings is 2. The second kappa shape index (κ2) is 9.00. The Morgan fingerprint density at radius 3 is 1.56 bits per heavy atom. The number of aromatic nitrogens is 1. The van der Waals surface area contributed by atoms with Gasteiger partial charge < -0.3 is 24.2 Å². The zero-order chi connectivity index (χ0) is 22.1. The van der Waals surface area contributed by atoms with E-state index in [-0.39, 0.29) is 0 Å². The van der Waals surface area contributed by atoms with Gasteiger partial charge in [0.05, 0.1) is 17.1 Å². The van der Waals surface area contributed by atoms with Crippen LogP contribution in [-0.2, 0) is 0 Å². The van der Waals surface area contributed by atoms with Crippen LogP contribution in [0.25, 0.3) is 16.9 Å².